The van der Waals surface area contributed by atoms with E-state index in [9.17, 15) is 24.3 Å². The van der Waals surface area contributed by atoms with Gasteiger partial charge in [0.05, 0.1) is 6.54 Å². The second kappa shape index (κ2) is 12.7. The minimum absolute atomic E-state index is 0.0568. The number of carbonyl (C=O) groups is 4. The summed E-state index contributed by atoms with van der Waals surface area (Å²) in [7, 11) is 5.85. The summed E-state index contributed by atoms with van der Waals surface area (Å²) in [4.78, 5) is 53.6. The maximum Gasteiger partial charge on any atom is 0.333 e. The van der Waals surface area contributed by atoms with Crippen LogP contribution in [0.25, 0.3) is 0 Å². The highest BCUT2D eigenvalue weighted by Crippen LogP contribution is 2.18. The van der Waals surface area contributed by atoms with Gasteiger partial charge in [0.2, 0.25) is 11.8 Å². The SMILES string of the molecule is Cc1ccc(CN(C)C(=O)C(CCC(=O)O)N2CN(C(=O)NCc3ccc(P)cc3)N(C)CC2=O)cc1. The van der Waals surface area contributed by atoms with Crippen LogP contribution in [0.2, 0.25) is 0 Å². The van der Waals surface area contributed by atoms with Gasteiger partial charge in [-0.05, 0) is 29.8 Å². The third kappa shape index (κ3) is 7.74. The number of rotatable bonds is 9. The van der Waals surface area contributed by atoms with Crippen molar-refractivity contribution in [3.8, 4) is 0 Å². The molecule has 4 amide bonds. The number of nitrogens with zero attached hydrogens (tertiary/aromatic N) is 4. The second-order valence-electron chi connectivity index (χ2n) is 9.25. The Morgan fingerprint density at radius 1 is 1.08 bits per heavy atom. The fourth-order valence-corrected chi connectivity index (χ4v) is 4.26. The van der Waals surface area contributed by atoms with Crippen molar-refractivity contribution in [2.45, 2.75) is 38.9 Å². The molecule has 0 aromatic heterocycles. The largest absolute Gasteiger partial charge is 0.481 e. The van der Waals surface area contributed by atoms with Crippen molar-refractivity contribution >= 4 is 38.4 Å². The number of hydrazine groups is 1. The summed E-state index contributed by atoms with van der Waals surface area (Å²) in [5, 5.41) is 16.0. The summed E-state index contributed by atoms with van der Waals surface area (Å²) in [6.07, 6.45) is -0.342. The first-order valence-electron chi connectivity index (χ1n) is 12.0. The molecule has 0 spiro atoms. The molecule has 1 heterocycles. The topological polar surface area (TPSA) is 114 Å². The molecule has 3 rings (SSSR count). The zero-order chi connectivity index (χ0) is 27.1. The number of carbonyl (C=O) groups excluding carboxylic acids is 3. The van der Waals surface area contributed by atoms with Crippen LogP contribution in [-0.4, -0.2) is 82.1 Å². The highest BCUT2D eigenvalue weighted by molar-refractivity contribution is 7.27. The second-order valence-corrected chi connectivity index (χ2v) is 9.92. The maximum absolute atomic E-state index is 13.5. The molecule has 1 fully saturated rings. The third-order valence-electron chi connectivity index (χ3n) is 6.25. The third-order valence-corrected chi connectivity index (χ3v) is 6.64. The minimum atomic E-state index is -1.06. The molecular weight excluding hydrogens is 493 g/mol. The maximum atomic E-state index is 13.5. The van der Waals surface area contributed by atoms with Gasteiger partial charge >= 0.3 is 12.0 Å². The van der Waals surface area contributed by atoms with E-state index in [1.54, 1.807) is 14.1 Å². The van der Waals surface area contributed by atoms with Crippen LogP contribution in [0.3, 0.4) is 0 Å². The molecule has 0 radical (unpaired) electrons. The van der Waals surface area contributed by atoms with Crippen molar-refractivity contribution in [3.05, 3.63) is 65.2 Å². The lowest BCUT2D eigenvalue weighted by Gasteiger charge is -2.44. The van der Waals surface area contributed by atoms with Crippen LogP contribution in [0, 0.1) is 6.92 Å². The van der Waals surface area contributed by atoms with Crippen molar-refractivity contribution < 1.29 is 24.3 Å². The fraction of sp³-hybridized carbons (Fsp3) is 0.385. The Morgan fingerprint density at radius 2 is 1.70 bits per heavy atom. The van der Waals surface area contributed by atoms with Crippen molar-refractivity contribution in [1.29, 1.82) is 0 Å². The number of hydrogen-bond acceptors (Lipinski definition) is 5. The molecular formula is C26H34N5O5P. The van der Waals surface area contributed by atoms with Crippen LogP contribution in [0.4, 0.5) is 4.79 Å². The number of carboxylic acid groups (broad SMARTS) is 1. The van der Waals surface area contributed by atoms with Crippen LogP contribution >= 0.6 is 9.24 Å². The number of hydrogen-bond donors (Lipinski definition) is 2. The smallest absolute Gasteiger partial charge is 0.333 e. The molecule has 2 atom stereocenters. The quantitative estimate of drug-likeness (QED) is 0.479. The first-order chi connectivity index (χ1) is 17.5. The average molecular weight is 528 g/mol. The minimum Gasteiger partial charge on any atom is -0.481 e. The molecule has 0 bridgehead atoms. The van der Waals surface area contributed by atoms with Gasteiger partial charge in [0.15, 0.2) is 0 Å². The monoisotopic (exact) mass is 527 g/mol. The number of carboxylic acids is 1. The average Bonchev–Trinajstić information content (AvgIpc) is 2.85. The van der Waals surface area contributed by atoms with E-state index in [-0.39, 0.29) is 37.9 Å². The van der Waals surface area contributed by atoms with E-state index in [4.69, 9.17) is 0 Å². The van der Waals surface area contributed by atoms with Crippen LogP contribution in [-0.2, 0) is 27.5 Å². The molecule has 10 nitrogen and oxygen atoms in total. The number of aryl methyl sites for hydroxylation is 1. The van der Waals surface area contributed by atoms with Gasteiger partial charge in [-0.15, -0.1) is 9.24 Å². The number of nitrogens with one attached hydrogen (secondary N) is 1. The van der Waals surface area contributed by atoms with E-state index in [0.717, 1.165) is 22.0 Å². The van der Waals surface area contributed by atoms with Crippen molar-refractivity contribution in [2.75, 3.05) is 27.3 Å². The van der Waals surface area contributed by atoms with Gasteiger partial charge in [-0.1, -0.05) is 54.1 Å². The number of benzene rings is 2. The first-order valence-corrected chi connectivity index (χ1v) is 12.6. The zero-order valence-electron chi connectivity index (χ0n) is 21.4. The van der Waals surface area contributed by atoms with Crippen molar-refractivity contribution in [1.82, 2.24) is 25.1 Å². The van der Waals surface area contributed by atoms with Crippen LogP contribution < -0.4 is 10.6 Å². The molecule has 0 saturated carbocycles. The molecule has 1 aliphatic rings. The van der Waals surface area contributed by atoms with E-state index in [1.165, 1.54) is 19.8 Å². The lowest BCUT2D eigenvalue weighted by Crippen LogP contribution is -2.65. The molecule has 2 aromatic carbocycles. The summed E-state index contributed by atoms with van der Waals surface area (Å²) in [6.45, 7) is 2.29. The molecule has 11 heteroatoms. The molecule has 2 aromatic rings. The van der Waals surface area contributed by atoms with E-state index in [0.29, 0.717) is 13.1 Å². The van der Waals surface area contributed by atoms with Crippen LogP contribution in [0.15, 0.2) is 48.5 Å². The summed E-state index contributed by atoms with van der Waals surface area (Å²) < 4.78 is 0. The van der Waals surface area contributed by atoms with Gasteiger partial charge < -0.3 is 20.2 Å². The summed E-state index contributed by atoms with van der Waals surface area (Å²) in [5.74, 6) is -1.79. The van der Waals surface area contributed by atoms with Crippen LogP contribution in [0.1, 0.15) is 29.5 Å². The molecule has 2 unspecified atom stereocenters. The summed E-state index contributed by atoms with van der Waals surface area (Å²) >= 11 is 0. The lowest BCUT2D eigenvalue weighted by atomic mass is 10.1. The Bertz CT molecular complexity index is 1130. The van der Waals surface area contributed by atoms with E-state index >= 15 is 0 Å². The zero-order valence-corrected chi connectivity index (χ0v) is 22.5. The number of urea groups is 1. The summed E-state index contributed by atoms with van der Waals surface area (Å²) in [6, 6.07) is 14.0. The number of aliphatic carboxylic acids is 1. The molecule has 37 heavy (non-hydrogen) atoms. The van der Waals surface area contributed by atoms with Gasteiger partial charge in [0.25, 0.3) is 0 Å². The van der Waals surface area contributed by atoms with Crippen molar-refractivity contribution in [3.63, 3.8) is 0 Å². The van der Waals surface area contributed by atoms with Gasteiger partial charge in [0, 0.05) is 33.6 Å². The number of likely N-dealkylation sites (N-methyl/N-ethyl adjacent to an activating group) is 2. The normalized spacial score (nSPS) is 14.9. The van der Waals surface area contributed by atoms with E-state index in [2.05, 4.69) is 14.6 Å². The molecule has 198 valence electrons. The predicted molar refractivity (Wildman–Crippen MR) is 143 cm³/mol. The predicted octanol–water partition coefficient (Wildman–Crippen LogP) is 1.55. The Balaban J connectivity index is 1.74. The molecule has 1 aliphatic heterocycles. The highest BCUT2D eigenvalue weighted by Gasteiger charge is 2.39. The Hall–Kier alpha value is -3.49. The van der Waals surface area contributed by atoms with Gasteiger partial charge in [0.1, 0.15) is 12.7 Å². The summed E-state index contributed by atoms with van der Waals surface area (Å²) in [5.41, 5.74) is 2.93. The Kier molecular flexibility index (Phi) is 9.60. The standard InChI is InChI=1S/C26H34N5O5P/c1-18-4-6-20(7-5-18)15-28(2)25(35)22(12-13-24(33)34)30-17-31(29(3)16-23(30)32)26(36)27-14-19-8-10-21(37)11-9-19/h4-11,22H,12-17,37H2,1-3H3,(H,27,36)(H,33,34). The Labute approximate surface area is 219 Å². The first kappa shape index (κ1) is 28.1. The van der Waals surface area contributed by atoms with Crippen molar-refractivity contribution in [2.24, 2.45) is 0 Å². The van der Waals surface area contributed by atoms with Gasteiger partial charge in [-0.25, -0.2) is 14.8 Å². The molecule has 2 N–H and O–H groups in total. The van der Waals surface area contributed by atoms with E-state index < -0.39 is 18.0 Å². The highest BCUT2D eigenvalue weighted by atomic mass is 31.0. The van der Waals surface area contributed by atoms with Gasteiger partial charge in [-0.2, -0.15) is 0 Å². The van der Waals surface area contributed by atoms with Gasteiger partial charge in [-0.3, -0.25) is 14.4 Å². The Morgan fingerprint density at radius 3 is 2.32 bits per heavy atom. The van der Waals surface area contributed by atoms with E-state index in [1.807, 2.05) is 55.5 Å². The lowest BCUT2D eigenvalue weighted by molar-refractivity contribution is -0.162. The fourth-order valence-electron chi connectivity index (χ4n) is 4.07. The molecule has 0 aliphatic carbocycles. The number of amides is 4. The molecule has 1 saturated heterocycles. The van der Waals surface area contributed by atoms with Crippen LogP contribution in [0.5, 0.6) is 0 Å².